The fourth-order valence-corrected chi connectivity index (χ4v) is 2.07. The molecule has 1 rings (SSSR count). The van der Waals surface area contributed by atoms with Gasteiger partial charge in [-0.15, -0.1) is 0 Å². The van der Waals surface area contributed by atoms with Crippen LogP contribution in [0.3, 0.4) is 0 Å². The van der Waals surface area contributed by atoms with E-state index in [0.717, 1.165) is 18.1 Å². The number of rotatable bonds is 5. The molecule has 3 heteroatoms. The predicted molar refractivity (Wildman–Crippen MR) is 78.3 cm³/mol. The summed E-state index contributed by atoms with van der Waals surface area (Å²) in [6.07, 6.45) is 2.34. The maximum Gasteiger partial charge on any atom is 0.166 e. The van der Waals surface area contributed by atoms with Crippen LogP contribution in [-0.4, -0.2) is 11.7 Å². The molecule has 94 valence electrons. The average molecular weight is 250 g/mol. The monoisotopic (exact) mass is 250 g/mol. The van der Waals surface area contributed by atoms with Crippen LogP contribution in [0.25, 0.3) is 0 Å². The first-order valence-corrected chi connectivity index (χ1v) is 6.71. The van der Waals surface area contributed by atoms with Crippen LogP contribution < -0.4 is 10.6 Å². The van der Waals surface area contributed by atoms with E-state index in [2.05, 4.69) is 48.7 Å². The summed E-state index contributed by atoms with van der Waals surface area (Å²) >= 11 is 5.17. The van der Waals surface area contributed by atoms with Crippen LogP contribution in [0.2, 0.25) is 0 Å². The van der Waals surface area contributed by atoms with Gasteiger partial charge < -0.3 is 10.6 Å². The molecule has 0 saturated carbocycles. The first-order chi connectivity index (χ1) is 8.17. The zero-order chi connectivity index (χ0) is 12.7. The van der Waals surface area contributed by atoms with Gasteiger partial charge in [0.25, 0.3) is 0 Å². The van der Waals surface area contributed by atoms with Gasteiger partial charge in [-0.05, 0) is 43.6 Å². The smallest absolute Gasteiger partial charge is 0.166 e. The molecule has 0 spiro atoms. The Bertz CT molecular complexity index is 346. The standard InChI is InChI=1S/C14H22N2S/c1-4-6-12-7-9-13(10-8-12)11(3)16-14(17)15-5-2/h7-11H,4-6H2,1-3H3,(H2,15,16,17). The second-order valence-electron chi connectivity index (χ2n) is 4.22. The van der Waals surface area contributed by atoms with E-state index in [4.69, 9.17) is 12.2 Å². The highest BCUT2D eigenvalue weighted by Gasteiger charge is 2.05. The number of thiocarbonyl (C=S) groups is 1. The summed E-state index contributed by atoms with van der Waals surface area (Å²) < 4.78 is 0. The summed E-state index contributed by atoms with van der Waals surface area (Å²) in [4.78, 5) is 0. The predicted octanol–water partition coefficient (Wildman–Crippen LogP) is 3.18. The Labute approximate surface area is 110 Å². The lowest BCUT2D eigenvalue weighted by molar-refractivity contribution is 0.701. The van der Waals surface area contributed by atoms with Crippen LogP contribution in [-0.2, 0) is 6.42 Å². The molecule has 1 unspecified atom stereocenters. The van der Waals surface area contributed by atoms with Crippen molar-refractivity contribution in [3.05, 3.63) is 35.4 Å². The molecule has 0 aliphatic carbocycles. The normalized spacial score (nSPS) is 11.9. The lowest BCUT2D eigenvalue weighted by Gasteiger charge is -2.17. The largest absolute Gasteiger partial charge is 0.363 e. The van der Waals surface area contributed by atoms with E-state index in [1.54, 1.807) is 0 Å². The van der Waals surface area contributed by atoms with Crippen LogP contribution in [0, 0.1) is 0 Å². The third-order valence-electron chi connectivity index (χ3n) is 2.70. The average Bonchev–Trinajstić information content (AvgIpc) is 2.30. The van der Waals surface area contributed by atoms with Crippen molar-refractivity contribution < 1.29 is 0 Å². The lowest BCUT2D eigenvalue weighted by atomic mass is 10.0. The maximum absolute atomic E-state index is 5.17. The molecule has 0 amide bonds. The van der Waals surface area contributed by atoms with Gasteiger partial charge in [-0.1, -0.05) is 37.6 Å². The molecule has 1 aromatic carbocycles. The minimum Gasteiger partial charge on any atom is -0.363 e. The van der Waals surface area contributed by atoms with Crippen LogP contribution in [0.1, 0.15) is 44.4 Å². The first-order valence-electron chi connectivity index (χ1n) is 6.30. The molecule has 0 aromatic heterocycles. The molecule has 0 heterocycles. The van der Waals surface area contributed by atoms with Crippen molar-refractivity contribution in [2.75, 3.05) is 6.54 Å². The Morgan fingerprint density at radius 3 is 2.41 bits per heavy atom. The van der Waals surface area contributed by atoms with Crippen LogP contribution in [0.5, 0.6) is 0 Å². The van der Waals surface area contributed by atoms with Gasteiger partial charge in [0.05, 0.1) is 6.04 Å². The summed E-state index contributed by atoms with van der Waals surface area (Å²) in [6, 6.07) is 9.01. The highest BCUT2D eigenvalue weighted by atomic mass is 32.1. The van der Waals surface area contributed by atoms with Crippen molar-refractivity contribution in [3.8, 4) is 0 Å². The quantitative estimate of drug-likeness (QED) is 0.785. The zero-order valence-electron chi connectivity index (χ0n) is 10.9. The minimum atomic E-state index is 0.247. The van der Waals surface area contributed by atoms with Crippen molar-refractivity contribution in [1.82, 2.24) is 10.6 Å². The summed E-state index contributed by atoms with van der Waals surface area (Å²) in [6.45, 7) is 7.22. The van der Waals surface area contributed by atoms with E-state index >= 15 is 0 Å². The molecule has 0 radical (unpaired) electrons. The van der Waals surface area contributed by atoms with Gasteiger partial charge in [0.2, 0.25) is 0 Å². The second-order valence-corrected chi connectivity index (χ2v) is 4.63. The SMILES string of the molecule is CCCc1ccc(C(C)NC(=S)NCC)cc1. The van der Waals surface area contributed by atoms with E-state index < -0.39 is 0 Å². The minimum absolute atomic E-state index is 0.247. The van der Waals surface area contributed by atoms with Crippen molar-refractivity contribution in [2.24, 2.45) is 0 Å². The Hall–Kier alpha value is -1.09. The molecule has 1 atom stereocenters. The molecule has 0 bridgehead atoms. The van der Waals surface area contributed by atoms with Gasteiger partial charge in [0.1, 0.15) is 0 Å². The van der Waals surface area contributed by atoms with Gasteiger partial charge >= 0.3 is 0 Å². The third kappa shape index (κ3) is 4.73. The number of hydrogen-bond donors (Lipinski definition) is 2. The van der Waals surface area contributed by atoms with Crippen molar-refractivity contribution in [3.63, 3.8) is 0 Å². The number of hydrogen-bond acceptors (Lipinski definition) is 1. The molecular weight excluding hydrogens is 228 g/mol. The molecular formula is C14H22N2S. The van der Waals surface area contributed by atoms with E-state index in [-0.39, 0.29) is 6.04 Å². The molecule has 0 saturated heterocycles. The Morgan fingerprint density at radius 2 is 1.88 bits per heavy atom. The zero-order valence-corrected chi connectivity index (χ0v) is 11.7. The van der Waals surface area contributed by atoms with Crippen LogP contribution >= 0.6 is 12.2 Å². The van der Waals surface area contributed by atoms with Crippen molar-refractivity contribution in [1.29, 1.82) is 0 Å². The molecule has 0 fully saturated rings. The van der Waals surface area contributed by atoms with Crippen LogP contribution in [0.15, 0.2) is 24.3 Å². The van der Waals surface area contributed by atoms with E-state index in [1.807, 2.05) is 6.92 Å². The van der Waals surface area contributed by atoms with E-state index in [0.29, 0.717) is 0 Å². The Kier molecular flexibility index (Phi) is 5.98. The van der Waals surface area contributed by atoms with Crippen molar-refractivity contribution >= 4 is 17.3 Å². The van der Waals surface area contributed by atoms with E-state index in [1.165, 1.54) is 17.5 Å². The Morgan fingerprint density at radius 1 is 1.24 bits per heavy atom. The Balaban J connectivity index is 2.56. The second kappa shape index (κ2) is 7.28. The molecule has 2 nitrogen and oxygen atoms in total. The molecule has 2 N–H and O–H groups in total. The van der Waals surface area contributed by atoms with Gasteiger partial charge in [0.15, 0.2) is 5.11 Å². The fraction of sp³-hybridized carbons (Fsp3) is 0.500. The molecule has 0 aliphatic heterocycles. The fourth-order valence-electron chi connectivity index (χ4n) is 1.75. The van der Waals surface area contributed by atoms with Gasteiger partial charge in [-0.2, -0.15) is 0 Å². The summed E-state index contributed by atoms with van der Waals surface area (Å²) in [7, 11) is 0. The van der Waals surface area contributed by atoms with Crippen molar-refractivity contribution in [2.45, 2.75) is 39.7 Å². The molecule has 17 heavy (non-hydrogen) atoms. The lowest BCUT2D eigenvalue weighted by Crippen LogP contribution is -2.36. The van der Waals surface area contributed by atoms with Gasteiger partial charge in [-0.3, -0.25) is 0 Å². The summed E-state index contributed by atoms with van der Waals surface area (Å²) in [5.41, 5.74) is 2.67. The number of aryl methyl sites for hydroxylation is 1. The highest BCUT2D eigenvalue weighted by molar-refractivity contribution is 7.80. The number of benzene rings is 1. The molecule has 0 aliphatic rings. The van der Waals surface area contributed by atoms with E-state index in [9.17, 15) is 0 Å². The first kappa shape index (κ1) is 14.0. The number of nitrogens with one attached hydrogen (secondary N) is 2. The summed E-state index contributed by atoms with van der Waals surface area (Å²) in [5.74, 6) is 0. The summed E-state index contributed by atoms with van der Waals surface area (Å²) in [5, 5.41) is 7.09. The molecule has 1 aromatic rings. The highest BCUT2D eigenvalue weighted by Crippen LogP contribution is 2.14. The van der Waals surface area contributed by atoms with Crippen LogP contribution in [0.4, 0.5) is 0 Å². The topological polar surface area (TPSA) is 24.1 Å². The maximum atomic E-state index is 5.17. The van der Waals surface area contributed by atoms with Gasteiger partial charge in [0, 0.05) is 6.54 Å². The van der Waals surface area contributed by atoms with Gasteiger partial charge in [-0.25, -0.2) is 0 Å². The third-order valence-corrected chi connectivity index (χ3v) is 2.97.